The fourth-order valence-electron chi connectivity index (χ4n) is 1.87. The monoisotopic (exact) mass is 258 g/mol. The number of furan rings is 1. The Labute approximate surface area is 112 Å². The quantitative estimate of drug-likeness (QED) is 0.780. The molecule has 2 aromatic rings. The summed E-state index contributed by atoms with van der Waals surface area (Å²) in [5, 5.41) is 2.88. The van der Waals surface area contributed by atoms with Gasteiger partial charge in [0.25, 0.3) is 0 Å². The molecule has 1 aromatic carbocycles. The van der Waals surface area contributed by atoms with E-state index in [2.05, 4.69) is 5.32 Å². The number of anilines is 1. The molecule has 0 spiro atoms. The zero-order chi connectivity index (χ0) is 13.5. The van der Waals surface area contributed by atoms with Crippen molar-refractivity contribution in [2.45, 2.75) is 19.3 Å². The number of hydrogen-bond donors (Lipinski definition) is 2. The molecule has 3 N–H and O–H groups in total. The van der Waals surface area contributed by atoms with Gasteiger partial charge in [0.15, 0.2) is 0 Å². The largest absolute Gasteiger partial charge is 0.469 e. The van der Waals surface area contributed by atoms with E-state index in [1.165, 1.54) is 0 Å². The molecular weight excluding hydrogens is 240 g/mol. The Balaban J connectivity index is 1.67. The number of nitrogens with two attached hydrogens (primary N) is 1. The van der Waals surface area contributed by atoms with Gasteiger partial charge in [-0.2, -0.15) is 0 Å². The zero-order valence-corrected chi connectivity index (χ0v) is 10.8. The summed E-state index contributed by atoms with van der Waals surface area (Å²) in [4.78, 5) is 11.7. The van der Waals surface area contributed by atoms with E-state index in [-0.39, 0.29) is 5.91 Å². The van der Waals surface area contributed by atoms with Gasteiger partial charge in [-0.3, -0.25) is 4.79 Å². The first-order chi connectivity index (χ1) is 9.24. The Morgan fingerprint density at radius 3 is 2.84 bits per heavy atom. The number of rotatable bonds is 6. The Hall–Kier alpha value is -2.23. The van der Waals surface area contributed by atoms with Gasteiger partial charge < -0.3 is 15.5 Å². The maximum absolute atomic E-state index is 11.7. The van der Waals surface area contributed by atoms with Crippen LogP contribution in [0.25, 0.3) is 0 Å². The van der Waals surface area contributed by atoms with Crippen LogP contribution < -0.4 is 11.1 Å². The number of hydrogen-bond acceptors (Lipinski definition) is 3. The Morgan fingerprint density at radius 1 is 1.21 bits per heavy atom. The lowest BCUT2D eigenvalue weighted by atomic mass is 10.1. The van der Waals surface area contributed by atoms with Crippen LogP contribution in [0.1, 0.15) is 17.7 Å². The minimum atomic E-state index is 0.0500. The summed E-state index contributed by atoms with van der Waals surface area (Å²) in [5.74, 6) is 0.935. The summed E-state index contributed by atoms with van der Waals surface area (Å²) in [6.45, 7) is 0.600. The van der Waals surface area contributed by atoms with Gasteiger partial charge >= 0.3 is 0 Å². The third kappa shape index (κ3) is 4.50. The van der Waals surface area contributed by atoms with Crippen molar-refractivity contribution in [2.75, 3.05) is 12.3 Å². The zero-order valence-electron chi connectivity index (χ0n) is 10.8. The molecule has 1 amide bonds. The highest BCUT2D eigenvalue weighted by atomic mass is 16.3. The minimum absolute atomic E-state index is 0.0500. The van der Waals surface area contributed by atoms with Crippen molar-refractivity contribution in [1.29, 1.82) is 0 Å². The van der Waals surface area contributed by atoms with Crippen molar-refractivity contribution in [3.63, 3.8) is 0 Å². The topological polar surface area (TPSA) is 68.3 Å². The number of aryl methyl sites for hydroxylation is 1. The van der Waals surface area contributed by atoms with E-state index in [1.807, 2.05) is 36.4 Å². The normalized spacial score (nSPS) is 10.3. The highest BCUT2D eigenvalue weighted by Gasteiger charge is 2.03. The summed E-state index contributed by atoms with van der Waals surface area (Å²) in [5.41, 5.74) is 7.51. The van der Waals surface area contributed by atoms with E-state index in [9.17, 15) is 4.79 Å². The van der Waals surface area contributed by atoms with Crippen molar-refractivity contribution in [2.24, 2.45) is 0 Å². The first-order valence-corrected chi connectivity index (χ1v) is 6.37. The van der Waals surface area contributed by atoms with Crippen molar-refractivity contribution in [3.05, 3.63) is 54.0 Å². The van der Waals surface area contributed by atoms with E-state index >= 15 is 0 Å². The van der Waals surface area contributed by atoms with Gasteiger partial charge in [0.2, 0.25) is 5.91 Å². The molecule has 0 unspecified atom stereocenters. The van der Waals surface area contributed by atoms with Crippen LogP contribution in [0.2, 0.25) is 0 Å². The molecule has 0 bridgehead atoms. The Bertz CT molecular complexity index is 521. The third-order valence-electron chi connectivity index (χ3n) is 2.87. The van der Waals surface area contributed by atoms with E-state index in [0.29, 0.717) is 19.4 Å². The van der Waals surface area contributed by atoms with Crippen molar-refractivity contribution >= 4 is 11.6 Å². The molecule has 2 rings (SSSR count). The molecule has 0 radical (unpaired) electrons. The molecule has 0 atom stereocenters. The van der Waals surface area contributed by atoms with Gasteiger partial charge in [-0.15, -0.1) is 0 Å². The maximum Gasteiger partial charge on any atom is 0.220 e. The molecule has 4 nitrogen and oxygen atoms in total. The minimum Gasteiger partial charge on any atom is -0.469 e. The standard InChI is InChI=1S/C15H18N2O2/c16-13-4-1-3-12(11-13)6-7-15(18)17-9-8-14-5-2-10-19-14/h1-5,10-11H,6-9,16H2,(H,17,18). The number of amides is 1. The molecule has 4 heteroatoms. The maximum atomic E-state index is 11.7. The van der Waals surface area contributed by atoms with Gasteiger partial charge in [-0.05, 0) is 36.2 Å². The van der Waals surface area contributed by atoms with Crippen LogP contribution in [0, 0.1) is 0 Å². The lowest BCUT2D eigenvalue weighted by Gasteiger charge is -2.05. The Morgan fingerprint density at radius 2 is 2.11 bits per heavy atom. The number of benzene rings is 1. The summed E-state index contributed by atoms with van der Waals surface area (Å²) in [6, 6.07) is 11.4. The van der Waals surface area contributed by atoms with Crippen molar-refractivity contribution in [3.8, 4) is 0 Å². The molecule has 1 aromatic heterocycles. The molecule has 100 valence electrons. The highest BCUT2D eigenvalue weighted by molar-refractivity contribution is 5.76. The van der Waals surface area contributed by atoms with Gasteiger partial charge in [-0.1, -0.05) is 12.1 Å². The lowest BCUT2D eigenvalue weighted by Crippen LogP contribution is -2.25. The summed E-state index contributed by atoms with van der Waals surface area (Å²) in [7, 11) is 0. The number of carbonyl (C=O) groups is 1. The van der Waals surface area contributed by atoms with Gasteiger partial charge in [0.1, 0.15) is 5.76 Å². The van der Waals surface area contributed by atoms with Gasteiger partial charge in [0.05, 0.1) is 6.26 Å². The second-order valence-electron chi connectivity index (χ2n) is 4.42. The summed E-state index contributed by atoms with van der Waals surface area (Å²) >= 11 is 0. The Kier molecular flexibility index (Phi) is 4.61. The number of nitrogen functional groups attached to an aromatic ring is 1. The predicted octanol–water partition coefficient (Wildman–Crippen LogP) is 2.15. The average Bonchev–Trinajstić information content (AvgIpc) is 2.90. The van der Waals surface area contributed by atoms with Crippen LogP contribution in [0.15, 0.2) is 47.1 Å². The predicted molar refractivity (Wildman–Crippen MR) is 74.6 cm³/mol. The number of carbonyl (C=O) groups excluding carboxylic acids is 1. The van der Waals surface area contributed by atoms with Crippen LogP contribution in [-0.2, 0) is 17.6 Å². The fourth-order valence-corrected chi connectivity index (χ4v) is 1.87. The summed E-state index contributed by atoms with van der Waals surface area (Å²) < 4.78 is 5.19. The van der Waals surface area contributed by atoms with Crippen LogP contribution in [0.4, 0.5) is 5.69 Å². The van der Waals surface area contributed by atoms with E-state index in [0.717, 1.165) is 23.4 Å². The van der Waals surface area contributed by atoms with Crippen LogP contribution in [0.5, 0.6) is 0 Å². The first-order valence-electron chi connectivity index (χ1n) is 6.37. The van der Waals surface area contributed by atoms with Crippen LogP contribution >= 0.6 is 0 Å². The molecule has 1 heterocycles. The molecular formula is C15H18N2O2. The van der Waals surface area contributed by atoms with E-state index in [4.69, 9.17) is 10.2 Å². The van der Waals surface area contributed by atoms with Crippen molar-refractivity contribution in [1.82, 2.24) is 5.32 Å². The van der Waals surface area contributed by atoms with E-state index < -0.39 is 0 Å². The summed E-state index contributed by atoms with van der Waals surface area (Å²) in [6.07, 6.45) is 3.53. The molecule has 19 heavy (non-hydrogen) atoms. The molecule has 0 aliphatic carbocycles. The van der Waals surface area contributed by atoms with Gasteiger partial charge in [-0.25, -0.2) is 0 Å². The molecule has 0 saturated carbocycles. The molecule has 0 fully saturated rings. The highest BCUT2D eigenvalue weighted by Crippen LogP contribution is 2.08. The molecule has 0 saturated heterocycles. The lowest BCUT2D eigenvalue weighted by molar-refractivity contribution is -0.121. The van der Waals surface area contributed by atoms with Crippen LogP contribution in [0.3, 0.4) is 0 Å². The second kappa shape index (κ2) is 6.64. The molecule has 0 aliphatic heterocycles. The SMILES string of the molecule is Nc1cccc(CCC(=O)NCCc2ccco2)c1. The van der Waals surface area contributed by atoms with E-state index in [1.54, 1.807) is 6.26 Å². The fraction of sp³-hybridized carbons (Fsp3) is 0.267. The van der Waals surface area contributed by atoms with Gasteiger partial charge in [0, 0.05) is 25.1 Å². The average molecular weight is 258 g/mol. The molecule has 0 aliphatic rings. The smallest absolute Gasteiger partial charge is 0.220 e. The second-order valence-corrected chi connectivity index (χ2v) is 4.42. The third-order valence-corrected chi connectivity index (χ3v) is 2.87. The van der Waals surface area contributed by atoms with Crippen molar-refractivity contribution < 1.29 is 9.21 Å². The first kappa shape index (κ1) is 13.2. The van der Waals surface area contributed by atoms with Crippen LogP contribution in [-0.4, -0.2) is 12.5 Å². The number of nitrogens with one attached hydrogen (secondary N) is 1.